The molecule has 0 aliphatic heterocycles. The molecular weight excluding hydrogens is 423 g/mol. The molecule has 1 saturated carbocycles. The summed E-state index contributed by atoms with van der Waals surface area (Å²) in [6, 6.07) is 4.86. The molecule has 1 aromatic heterocycles. The van der Waals surface area contributed by atoms with Gasteiger partial charge in [-0.25, -0.2) is 0 Å². The molecule has 1 unspecified atom stereocenters. The third-order valence-corrected chi connectivity index (χ3v) is 5.37. The first kappa shape index (κ1) is 22.3. The van der Waals surface area contributed by atoms with Crippen LogP contribution >= 0.6 is 11.6 Å². The summed E-state index contributed by atoms with van der Waals surface area (Å²) in [5.74, 6) is 0.846. The Kier molecular flexibility index (Phi) is 6.50. The van der Waals surface area contributed by atoms with Crippen molar-refractivity contribution in [3.8, 4) is 11.5 Å². The number of aromatic nitrogens is 2. The molecule has 10 heteroatoms. The van der Waals surface area contributed by atoms with Gasteiger partial charge in [0.1, 0.15) is 11.5 Å². The molecule has 1 aliphatic rings. The highest BCUT2D eigenvalue weighted by molar-refractivity contribution is 6.32. The van der Waals surface area contributed by atoms with Crippen LogP contribution in [0.2, 0.25) is 5.02 Å². The Morgan fingerprint density at radius 1 is 1.33 bits per heavy atom. The van der Waals surface area contributed by atoms with Gasteiger partial charge in [0.25, 0.3) is 0 Å². The zero-order valence-electron chi connectivity index (χ0n) is 16.8. The lowest BCUT2D eigenvalue weighted by Gasteiger charge is -2.18. The van der Waals surface area contributed by atoms with Crippen molar-refractivity contribution in [2.75, 3.05) is 14.2 Å². The molecule has 3 rings (SSSR count). The van der Waals surface area contributed by atoms with Crippen LogP contribution in [0.4, 0.5) is 13.2 Å². The summed E-state index contributed by atoms with van der Waals surface area (Å²) in [7, 11) is 3.07. The predicted molar refractivity (Wildman–Crippen MR) is 105 cm³/mol. The number of halogens is 4. The third kappa shape index (κ3) is 4.83. The maximum Gasteiger partial charge on any atom is 0.436 e. The van der Waals surface area contributed by atoms with E-state index in [1.807, 2.05) is 0 Å². The number of amides is 1. The lowest BCUT2D eigenvalue weighted by Crippen LogP contribution is -2.28. The first-order valence-electron chi connectivity index (χ1n) is 9.50. The van der Waals surface area contributed by atoms with E-state index in [-0.39, 0.29) is 29.8 Å². The van der Waals surface area contributed by atoms with E-state index in [1.165, 1.54) is 18.9 Å². The highest BCUT2D eigenvalue weighted by atomic mass is 35.5. The van der Waals surface area contributed by atoms with Gasteiger partial charge in [0.2, 0.25) is 5.91 Å². The van der Waals surface area contributed by atoms with Crippen LogP contribution in [-0.2, 0) is 17.5 Å². The molecule has 1 aliphatic carbocycles. The number of alkyl halides is 3. The number of nitrogens with zero attached hydrogens (tertiary/aromatic N) is 2. The number of aryl methyl sites for hydroxylation is 1. The monoisotopic (exact) mass is 445 g/mol. The Hall–Kier alpha value is -2.42. The van der Waals surface area contributed by atoms with Gasteiger partial charge < -0.3 is 14.8 Å². The van der Waals surface area contributed by atoms with Gasteiger partial charge in [0, 0.05) is 17.9 Å². The van der Waals surface area contributed by atoms with E-state index in [9.17, 15) is 18.0 Å². The molecular formula is C20H23ClF3N3O3. The molecule has 6 nitrogen and oxygen atoms in total. The summed E-state index contributed by atoms with van der Waals surface area (Å²) in [5.41, 5.74) is -0.00868. The topological polar surface area (TPSA) is 65.4 Å². The fraction of sp³-hybridized carbons (Fsp3) is 0.500. The fourth-order valence-electron chi connectivity index (χ4n) is 3.33. The number of ether oxygens (including phenoxy) is 2. The average molecular weight is 446 g/mol. The Balaban J connectivity index is 1.70. The number of benzene rings is 1. The summed E-state index contributed by atoms with van der Waals surface area (Å²) in [6.07, 6.45) is -3.14. The van der Waals surface area contributed by atoms with Gasteiger partial charge in [0.15, 0.2) is 5.69 Å². The molecule has 0 spiro atoms. The van der Waals surface area contributed by atoms with Gasteiger partial charge in [-0.2, -0.15) is 18.3 Å². The Labute approximate surface area is 177 Å². The maximum atomic E-state index is 13.2. The molecule has 1 atom stereocenters. The predicted octanol–water partition coefficient (Wildman–Crippen LogP) is 4.72. The molecule has 0 bridgehead atoms. The lowest BCUT2D eigenvalue weighted by molar-refractivity contribution is -0.141. The molecule has 30 heavy (non-hydrogen) atoms. The number of carbonyl (C=O) groups is 1. The molecule has 1 fully saturated rings. The van der Waals surface area contributed by atoms with Crippen LogP contribution in [0.3, 0.4) is 0 Å². The zero-order valence-corrected chi connectivity index (χ0v) is 17.6. The van der Waals surface area contributed by atoms with Crippen molar-refractivity contribution in [3.05, 3.63) is 40.2 Å². The van der Waals surface area contributed by atoms with Gasteiger partial charge in [-0.05, 0) is 38.0 Å². The van der Waals surface area contributed by atoms with Gasteiger partial charge >= 0.3 is 6.18 Å². The molecule has 1 N–H and O–H groups in total. The number of carbonyl (C=O) groups excluding carboxylic acids is 1. The minimum Gasteiger partial charge on any atom is -0.497 e. The first-order chi connectivity index (χ1) is 14.2. The number of nitrogens with one attached hydrogen (secondary N) is 1. The standard InChI is InChI=1S/C20H23ClF3N3O3/c1-11(14-10-13(29-2)6-7-15(14)30-3)25-16(28)8-9-27-18(12-4-5-12)17(21)19(26-27)20(22,23)24/h6-7,10-12H,4-5,8-9H2,1-3H3,(H,25,28). The summed E-state index contributed by atoms with van der Waals surface area (Å²) < 4.78 is 51.2. The summed E-state index contributed by atoms with van der Waals surface area (Å²) in [5, 5.41) is 6.12. The van der Waals surface area contributed by atoms with Crippen LogP contribution in [-0.4, -0.2) is 29.9 Å². The van der Waals surface area contributed by atoms with Gasteiger partial charge in [-0.1, -0.05) is 11.6 Å². The van der Waals surface area contributed by atoms with Gasteiger partial charge in [0.05, 0.1) is 37.5 Å². The van der Waals surface area contributed by atoms with E-state index in [0.29, 0.717) is 17.2 Å². The Bertz CT molecular complexity index is 926. The minimum absolute atomic E-state index is 0.00936. The van der Waals surface area contributed by atoms with Crippen molar-refractivity contribution in [3.63, 3.8) is 0 Å². The van der Waals surface area contributed by atoms with Gasteiger partial charge in [-0.3, -0.25) is 9.48 Å². The van der Waals surface area contributed by atoms with Crippen molar-refractivity contribution >= 4 is 17.5 Å². The first-order valence-corrected chi connectivity index (χ1v) is 9.88. The smallest absolute Gasteiger partial charge is 0.436 e. The highest BCUT2D eigenvalue weighted by Gasteiger charge is 2.42. The minimum atomic E-state index is -4.63. The van der Waals surface area contributed by atoms with Crippen molar-refractivity contribution in [1.29, 1.82) is 0 Å². The second-order valence-corrected chi connectivity index (χ2v) is 7.57. The van der Waals surface area contributed by atoms with Gasteiger partial charge in [-0.15, -0.1) is 0 Å². The molecule has 164 valence electrons. The van der Waals surface area contributed by atoms with Crippen LogP contribution < -0.4 is 14.8 Å². The number of methoxy groups -OCH3 is 2. The van der Waals surface area contributed by atoms with Crippen LogP contribution in [0.5, 0.6) is 11.5 Å². The van der Waals surface area contributed by atoms with Crippen molar-refractivity contribution in [2.45, 2.75) is 50.9 Å². The average Bonchev–Trinajstić information content (AvgIpc) is 3.47. The van der Waals surface area contributed by atoms with Crippen LogP contribution in [0.1, 0.15) is 55.1 Å². The lowest BCUT2D eigenvalue weighted by atomic mass is 10.1. The normalized spacial score (nSPS) is 15.0. The van der Waals surface area contributed by atoms with E-state index in [4.69, 9.17) is 21.1 Å². The second kappa shape index (κ2) is 8.75. The van der Waals surface area contributed by atoms with Crippen molar-refractivity contribution in [2.24, 2.45) is 0 Å². The highest BCUT2D eigenvalue weighted by Crippen LogP contribution is 2.46. The van der Waals surface area contributed by atoms with E-state index >= 15 is 0 Å². The molecule has 2 aromatic rings. The molecule has 1 aromatic carbocycles. The van der Waals surface area contributed by atoms with Crippen LogP contribution in [0.25, 0.3) is 0 Å². The van der Waals surface area contributed by atoms with E-state index < -0.39 is 17.9 Å². The Morgan fingerprint density at radius 3 is 2.60 bits per heavy atom. The van der Waals surface area contributed by atoms with E-state index in [1.54, 1.807) is 25.1 Å². The SMILES string of the molecule is COc1ccc(OC)c(C(C)NC(=O)CCn2nc(C(F)(F)F)c(Cl)c2C2CC2)c1. The molecule has 0 radical (unpaired) electrons. The number of rotatable bonds is 8. The largest absolute Gasteiger partial charge is 0.497 e. The molecule has 0 saturated heterocycles. The molecule has 1 heterocycles. The third-order valence-electron chi connectivity index (χ3n) is 5.00. The van der Waals surface area contributed by atoms with E-state index in [0.717, 1.165) is 18.4 Å². The summed E-state index contributed by atoms with van der Waals surface area (Å²) >= 11 is 5.96. The van der Waals surface area contributed by atoms with Crippen LogP contribution in [0.15, 0.2) is 18.2 Å². The maximum absolute atomic E-state index is 13.2. The Morgan fingerprint density at radius 2 is 2.03 bits per heavy atom. The second-order valence-electron chi connectivity index (χ2n) is 7.19. The van der Waals surface area contributed by atoms with Crippen molar-refractivity contribution in [1.82, 2.24) is 15.1 Å². The zero-order chi connectivity index (χ0) is 22.1. The van der Waals surface area contributed by atoms with Crippen LogP contribution in [0, 0.1) is 0 Å². The van der Waals surface area contributed by atoms with Crippen molar-refractivity contribution < 1.29 is 27.4 Å². The summed E-state index contributed by atoms with van der Waals surface area (Å²) in [4.78, 5) is 12.5. The fourth-order valence-corrected chi connectivity index (χ4v) is 3.72. The summed E-state index contributed by atoms with van der Waals surface area (Å²) in [6.45, 7) is 1.80. The molecule has 1 amide bonds. The number of hydrogen-bond acceptors (Lipinski definition) is 4. The van der Waals surface area contributed by atoms with E-state index in [2.05, 4.69) is 10.4 Å². The quantitative estimate of drug-likeness (QED) is 0.638. The number of hydrogen-bond donors (Lipinski definition) is 1.